The fourth-order valence-electron chi connectivity index (χ4n) is 4.30. The number of nitro groups is 1. The van der Waals surface area contributed by atoms with Crippen LogP contribution in [-0.2, 0) is 27.9 Å². The number of piperidine rings is 1. The molecule has 1 saturated heterocycles. The number of nitrogens with two attached hydrogens (primary N) is 1. The molecular formula is C25H48N7O9P. The Morgan fingerprint density at radius 1 is 1.17 bits per heavy atom. The highest BCUT2D eigenvalue weighted by Crippen LogP contribution is 2.48. The fourth-order valence-corrected chi connectivity index (χ4v) is 5.89. The molecule has 1 aliphatic heterocycles. The maximum Gasteiger partial charge on any atom is 0.408 e. The number of likely N-dealkylation sites (tertiary alicyclic amines) is 1. The zero-order valence-corrected chi connectivity index (χ0v) is 26.3. The topological polar surface area (TPSA) is 217 Å². The third-order valence-electron chi connectivity index (χ3n) is 6.19. The summed E-state index contributed by atoms with van der Waals surface area (Å²) in [5, 5.41) is 15.1. The summed E-state index contributed by atoms with van der Waals surface area (Å²) in [6, 6.07) is -0.861. The Labute approximate surface area is 247 Å². The summed E-state index contributed by atoms with van der Waals surface area (Å²) in [7, 11) is -3.27. The average Bonchev–Trinajstić information content (AvgIpc) is 2.88. The molecule has 16 nitrogen and oxygen atoms in total. The van der Waals surface area contributed by atoms with Crippen molar-refractivity contribution in [3.05, 3.63) is 10.1 Å². The SMILES string of the molecule is CCOP(=O)(CCC(=O)NCCC1CCN(C(=O)[C@H](CCCN=C(N)N[N+](=O)[O-])NC(=O)OC(C)(C)C)CC1)OCC. The third kappa shape index (κ3) is 15.9. The van der Waals surface area contributed by atoms with Gasteiger partial charge in [-0.2, -0.15) is 0 Å². The van der Waals surface area contributed by atoms with Crippen molar-refractivity contribution in [2.45, 2.75) is 84.8 Å². The number of hydrogen-bond acceptors (Lipinski definition) is 10. The first kappa shape index (κ1) is 37.1. The minimum atomic E-state index is -3.27. The summed E-state index contributed by atoms with van der Waals surface area (Å²) in [4.78, 5) is 54.0. The van der Waals surface area contributed by atoms with Crippen molar-refractivity contribution < 1.29 is 37.8 Å². The number of nitrogens with zero attached hydrogens (tertiary/aromatic N) is 3. The van der Waals surface area contributed by atoms with Gasteiger partial charge in [0, 0.05) is 32.6 Å². The molecule has 0 bridgehead atoms. The van der Waals surface area contributed by atoms with Crippen molar-refractivity contribution in [3.63, 3.8) is 0 Å². The van der Waals surface area contributed by atoms with E-state index in [1.165, 1.54) is 0 Å². The predicted octanol–water partition coefficient (Wildman–Crippen LogP) is 2.16. The molecule has 0 aliphatic carbocycles. The van der Waals surface area contributed by atoms with E-state index < -0.39 is 30.4 Å². The highest BCUT2D eigenvalue weighted by Gasteiger charge is 2.30. The Morgan fingerprint density at radius 3 is 2.33 bits per heavy atom. The van der Waals surface area contributed by atoms with Gasteiger partial charge in [-0.15, -0.1) is 0 Å². The minimum Gasteiger partial charge on any atom is -0.444 e. The van der Waals surface area contributed by atoms with Crippen LogP contribution in [0, 0.1) is 16.0 Å². The third-order valence-corrected chi connectivity index (χ3v) is 8.27. The first-order valence-corrected chi connectivity index (χ1v) is 16.0. The average molecular weight is 622 g/mol. The quantitative estimate of drug-likeness (QED) is 0.0461. The van der Waals surface area contributed by atoms with E-state index in [0.717, 1.165) is 19.3 Å². The molecule has 3 amide bonds. The molecule has 1 fully saturated rings. The van der Waals surface area contributed by atoms with Crippen LogP contribution in [0.2, 0.25) is 0 Å². The van der Waals surface area contributed by atoms with E-state index in [0.29, 0.717) is 32.0 Å². The first-order chi connectivity index (χ1) is 19.7. The summed E-state index contributed by atoms with van der Waals surface area (Å²) in [6.07, 6.45) is 2.13. The first-order valence-electron chi connectivity index (χ1n) is 14.3. The Balaban J connectivity index is 2.57. The molecule has 1 atom stereocenters. The summed E-state index contributed by atoms with van der Waals surface area (Å²) in [5.41, 5.74) is 6.43. The van der Waals surface area contributed by atoms with Crippen molar-refractivity contribution in [3.8, 4) is 0 Å². The molecule has 1 aliphatic rings. The maximum atomic E-state index is 13.3. The molecule has 0 unspecified atom stereocenters. The van der Waals surface area contributed by atoms with Crippen LogP contribution in [-0.4, -0.2) is 91.0 Å². The highest BCUT2D eigenvalue weighted by molar-refractivity contribution is 7.53. The van der Waals surface area contributed by atoms with Gasteiger partial charge in [0.2, 0.25) is 11.8 Å². The van der Waals surface area contributed by atoms with E-state index in [2.05, 4.69) is 15.6 Å². The van der Waals surface area contributed by atoms with E-state index >= 15 is 0 Å². The molecule has 1 rings (SSSR count). The van der Waals surface area contributed by atoms with Gasteiger partial charge in [-0.3, -0.25) is 14.2 Å². The van der Waals surface area contributed by atoms with Gasteiger partial charge in [0.05, 0.1) is 19.4 Å². The van der Waals surface area contributed by atoms with Crippen molar-refractivity contribution in [1.29, 1.82) is 0 Å². The molecule has 0 spiro atoms. The standard InChI is InChI=1S/C25H48N7O9P/c1-6-39-42(38,40-7-2)18-13-21(33)27-15-10-19-11-16-31(17-12-19)22(34)20(29-24(35)41-25(3,4)5)9-8-14-28-23(26)30-32(36)37/h19-20H,6-18H2,1-5H3,(H,27,33)(H,29,35)(H3,26,28,30)/t20-/m0/s1. The summed E-state index contributed by atoms with van der Waals surface area (Å²) in [5.74, 6) is -0.521. The highest BCUT2D eigenvalue weighted by atomic mass is 31.2. The van der Waals surface area contributed by atoms with Gasteiger partial charge in [-0.1, -0.05) is 5.43 Å². The van der Waals surface area contributed by atoms with Crippen LogP contribution >= 0.6 is 7.60 Å². The second-order valence-electron chi connectivity index (χ2n) is 10.8. The molecule has 242 valence electrons. The Morgan fingerprint density at radius 2 is 1.79 bits per heavy atom. The molecule has 0 aromatic rings. The van der Waals surface area contributed by atoms with Crippen molar-refractivity contribution in [1.82, 2.24) is 21.0 Å². The van der Waals surface area contributed by atoms with Crippen LogP contribution in [0.5, 0.6) is 0 Å². The molecule has 0 aromatic heterocycles. The van der Waals surface area contributed by atoms with E-state index in [-0.39, 0.29) is 56.5 Å². The van der Waals surface area contributed by atoms with Crippen LogP contribution in [0.1, 0.15) is 73.1 Å². The predicted molar refractivity (Wildman–Crippen MR) is 156 cm³/mol. The van der Waals surface area contributed by atoms with Crippen molar-refractivity contribution >= 4 is 31.5 Å². The number of hydrogen-bond donors (Lipinski definition) is 4. The lowest BCUT2D eigenvalue weighted by Gasteiger charge is -2.34. The number of carbonyl (C=O) groups excluding carboxylic acids is 3. The number of rotatable bonds is 17. The Hall–Kier alpha value is -2.97. The van der Waals surface area contributed by atoms with Crippen LogP contribution in [0.3, 0.4) is 0 Å². The van der Waals surface area contributed by atoms with Gasteiger partial charge >= 0.3 is 13.7 Å². The molecule has 17 heteroatoms. The number of hydrazine groups is 1. The molecule has 0 radical (unpaired) electrons. The number of amides is 3. The van der Waals surface area contributed by atoms with Crippen LogP contribution < -0.4 is 21.8 Å². The molecule has 0 aromatic carbocycles. The van der Waals surface area contributed by atoms with E-state index in [1.54, 1.807) is 44.9 Å². The number of aliphatic imine (C=N–C) groups is 1. The maximum absolute atomic E-state index is 13.3. The van der Waals surface area contributed by atoms with Gasteiger partial charge in [0.25, 0.3) is 5.96 Å². The van der Waals surface area contributed by atoms with Crippen molar-refractivity contribution in [2.24, 2.45) is 16.6 Å². The lowest BCUT2D eigenvalue weighted by atomic mass is 9.93. The molecule has 0 saturated carbocycles. The molecule has 5 N–H and O–H groups in total. The summed E-state index contributed by atoms with van der Waals surface area (Å²) in [6.45, 7) is 10.6. The lowest BCUT2D eigenvalue weighted by Crippen LogP contribution is -2.51. The van der Waals surface area contributed by atoms with Crippen LogP contribution in [0.4, 0.5) is 4.79 Å². The number of ether oxygens (including phenoxy) is 1. The van der Waals surface area contributed by atoms with Gasteiger partial charge in [0.1, 0.15) is 11.6 Å². The van der Waals surface area contributed by atoms with E-state index in [4.69, 9.17) is 19.5 Å². The lowest BCUT2D eigenvalue weighted by molar-refractivity contribution is -0.525. The summed E-state index contributed by atoms with van der Waals surface area (Å²) >= 11 is 0. The number of nitrogens with one attached hydrogen (secondary N) is 3. The summed E-state index contributed by atoms with van der Waals surface area (Å²) < 4.78 is 28.2. The normalized spacial score (nSPS) is 15.5. The monoisotopic (exact) mass is 621 g/mol. The number of alkyl carbamates (subject to hydrolysis) is 1. The largest absolute Gasteiger partial charge is 0.444 e. The molecular weight excluding hydrogens is 573 g/mol. The Kier molecular flexibility index (Phi) is 16.4. The van der Waals surface area contributed by atoms with E-state index in [1.807, 2.05) is 0 Å². The second-order valence-corrected chi connectivity index (χ2v) is 13.0. The van der Waals surface area contributed by atoms with Crippen LogP contribution in [0.25, 0.3) is 0 Å². The van der Waals surface area contributed by atoms with Gasteiger partial charge < -0.3 is 35.1 Å². The van der Waals surface area contributed by atoms with E-state index in [9.17, 15) is 29.1 Å². The zero-order valence-electron chi connectivity index (χ0n) is 25.4. The second kappa shape index (κ2) is 18.5. The molecule has 42 heavy (non-hydrogen) atoms. The fraction of sp³-hybridized carbons (Fsp3) is 0.840. The number of guanidine groups is 1. The van der Waals surface area contributed by atoms with Crippen molar-refractivity contribution in [2.75, 3.05) is 45.6 Å². The minimum absolute atomic E-state index is 0.0228. The van der Waals surface area contributed by atoms with Crippen LogP contribution in [0.15, 0.2) is 4.99 Å². The molecule has 1 heterocycles. The van der Waals surface area contributed by atoms with Gasteiger partial charge in [0.15, 0.2) is 5.03 Å². The smallest absolute Gasteiger partial charge is 0.408 e. The Bertz CT molecular complexity index is 956. The number of carbonyl (C=O) groups is 3. The van der Waals surface area contributed by atoms with Gasteiger partial charge in [-0.05, 0) is 72.6 Å². The zero-order chi connectivity index (χ0) is 31.8. The van der Waals surface area contributed by atoms with Gasteiger partial charge in [-0.25, -0.2) is 19.9 Å².